The maximum atomic E-state index is 13.8. The van der Waals surface area contributed by atoms with Crippen LogP contribution in [0.25, 0.3) is 67.3 Å². The first kappa shape index (κ1) is 27.4. The molecule has 44 heavy (non-hydrogen) atoms. The molecule has 0 N–H and O–H groups in total. The van der Waals surface area contributed by atoms with Crippen molar-refractivity contribution in [2.45, 2.75) is 0 Å². The molecule has 1 aromatic heterocycles. The first-order valence-corrected chi connectivity index (χ1v) is 14.6. The normalized spacial score (nSPS) is 11.0. The van der Waals surface area contributed by atoms with Gasteiger partial charge in [-0.15, -0.1) is 0 Å². The van der Waals surface area contributed by atoms with Crippen molar-refractivity contribution in [3.8, 4) is 67.3 Å². The molecule has 0 aliphatic carbocycles. The van der Waals surface area contributed by atoms with E-state index < -0.39 is 0 Å². The van der Waals surface area contributed by atoms with Crippen molar-refractivity contribution in [1.29, 1.82) is 0 Å². The summed E-state index contributed by atoms with van der Waals surface area (Å²) in [5.41, 5.74) is 9.70. The van der Waals surface area contributed by atoms with E-state index in [-0.39, 0.29) is 11.1 Å². The van der Waals surface area contributed by atoms with Gasteiger partial charge in [0.05, 0.1) is 0 Å². The van der Waals surface area contributed by atoms with Gasteiger partial charge >= 0.3 is 0 Å². The quantitative estimate of drug-likeness (QED) is 0.194. The van der Waals surface area contributed by atoms with Crippen molar-refractivity contribution in [2.24, 2.45) is 0 Å². The van der Waals surface area contributed by atoms with Gasteiger partial charge in [-0.25, -0.2) is 9.37 Å². The third-order valence-corrected chi connectivity index (χ3v) is 7.66. The van der Waals surface area contributed by atoms with Crippen LogP contribution in [0.2, 0.25) is 5.28 Å². The summed E-state index contributed by atoms with van der Waals surface area (Å²) in [5, 5.41) is 0.102. The molecule has 1 heterocycles. The lowest BCUT2D eigenvalue weighted by atomic mass is 9.95. The van der Waals surface area contributed by atoms with E-state index in [0.717, 1.165) is 55.6 Å². The average Bonchev–Trinajstić information content (AvgIpc) is 3.09. The molecular formula is C39H25ClFN3. The maximum absolute atomic E-state index is 13.8. The van der Waals surface area contributed by atoms with Gasteiger partial charge in [0.1, 0.15) is 5.82 Å². The van der Waals surface area contributed by atoms with Crippen molar-refractivity contribution in [1.82, 2.24) is 15.0 Å². The zero-order valence-electron chi connectivity index (χ0n) is 23.5. The smallest absolute Gasteiger partial charge is 0.208 e. The lowest BCUT2D eigenvalue weighted by Crippen LogP contribution is -1.98. The zero-order valence-corrected chi connectivity index (χ0v) is 24.3. The molecule has 0 radical (unpaired) electrons. The van der Waals surface area contributed by atoms with Crippen LogP contribution in [-0.2, 0) is 0 Å². The number of hydrogen-bond donors (Lipinski definition) is 0. The van der Waals surface area contributed by atoms with Gasteiger partial charge in [-0.1, -0.05) is 103 Å². The third-order valence-electron chi connectivity index (χ3n) is 7.49. The van der Waals surface area contributed by atoms with Crippen molar-refractivity contribution < 1.29 is 4.39 Å². The van der Waals surface area contributed by atoms with Crippen LogP contribution in [0.1, 0.15) is 0 Å². The number of hydrogen-bond acceptors (Lipinski definition) is 3. The second-order valence-corrected chi connectivity index (χ2v) is 10.8. The fraction of sp³-hybridized carbons (Fsp3) is 0. The fourth-order valence-electron chi connectivity index (χ4n) is 5.32. The predicted molar refractivity (Wildman–Crippen MR) is 177 cm³/mol. The SMILES string of the molecule is Fc1ccc(-c2cc(-c3ccccc3)cc(-c3nc(Cl)nc(-c4cc(-c5ccccc5)cc(-c5ccccc5)c4)n3)c2)cc1. The van der Waals surface area contributed by atoms with E-state index in [0.29, 0.717) is 11.6 Å². The highest BCUT2D eigenvalue weighted by Crippen LogP contribution is 2.35. The van der Waals surface area contributed by atoms with Gasteiger partial charge in [0.15, 0.2) is 11.6 Å². The molecule has 7 aromatic rings. The first-order valence-electron chi connectivity index (χ1n) is 14.2. The zero-order chi connectivity index (χ0) is 29.9. The predicted octanol–water partition coefficient (Wildman–Crippen LogP) is 10.7. The van der Waals surface area contributed by atoms with Gasteiger partial charge in [0.25, 0.3) is 0 Å². The number of benzene rings is 6. The number of aromatic nitrogens is 3. The van der Waals surface area contributed by atoms with Crippen LogP contribution in [0.4, 0.5) is 4.39 Å². The van der Waals surface area contributed by atoms with E-state index in [1.807, 2.05) is 66.7 Å². The summed E-state index contributed by atoms with van der Waals surface area (Å²) in [4.78, 5) is 14.1. The highest BCUT2D eigenvalue weighted by Gasteiger charge is 2.15. The number of rotatable bonds is 6. The summed E-state index contributed by atoms with van der Waals surface area (Å²) in [6, 6.07) is 49.5. The van der Waals surface area contributed by atoms with Crippen LogP contribution in [0, 0.1) is 5.82 Å². The van der Waals surface area contributed by atoms with Crippen LogP contribution in [-0.4, -0.2) is 15.0 Å². The molecule has 0 aliphatic rings. The van der Waals surface area contributed by atoms with Gasteiger partial charge in [-0.05, 0) is 105 Å². The number of nitrogens with zero attached hydrogens (tertiary/aromatic N) is 3. The summed E-state index contributed by atoms with van der Waals surface area (Å²) >= 11 is 6.59. The Morgan fingerprint density at radius 3 is 1.02 bits per heavy atom. The second kappa shape index (κ2) is 12.0. The Hall–Kier alpha value is -5.45. The maximum Gasteiger partial charge on any atom is 0.226 e. The molecule has 5 heteroatoms. The summed E-state index contributed by atoms with van der Waals surface area (Å²) in [7, 11) is 0. The Morgan fingerprint density at radius 1 is 0.341 bits per heavy atom. The van der Waals surface area contributed by atoms with Gasteiger partial charge < -0.3 is 0 Å². The minimum absolute atomic E-state index is 0.102. The Kier molecular flexibility index (Phi) is 7.49. The molecule has 7 rings (SSSR count). The Balaban J connectivity index is 1.39. The molecule has 0 bridgehead atoms. The summed E-state index contributed by atoms with van der Waals surface area (Å²) in [6.07, 6.45) is 0. The van der Waals surface area contributed by atoms with E-state index in [2.05, 4.69) is 70.6 Å². The molecule has 210 valence electrons. The van der Waals surface area contributed by atoms with Crippen molar-refractivity contribution >= 4 is 11.6 Å². The molecule has 0 fully saturated rings. The van der Waals surface area contributed by atoms with E-state index >= 15 is 0 Å². The largest absolute Gasteiger partial charge is 0.226 e. The van der Waals surface area contributed by atoms with E-state index in [1.54, 1.807) is 12.1 Å². The summed E-state index contributed by atoms with van der Waals surface area (Å²) < 4.78 is 13.8. The van der Waals surface area contributed by atoms with Crippen LogP contribution in [0.15, 0.2) is 152 Å². The van der Waals surface area contributed by atoms with Gasteiger partial charge in [0, 0.05) is 11.1 Å². The monoisotopic (exact) mass is 589 g/mol. The van der Waals surface area contributed by atoms with Gasteiger partial charge in [-0.3, -0.25) is 0 Å². The second-order valence-electron chi connectivity index (χ2n) is 10.5. The highest BCUT2D eigenvalue weighted by molar-refractivity contribution is 6.28. The van der Waals surface area contributed by atoms with Crippen LogP contribution in [0.5, 0.6) is 0 Å². The Labute approximate surface area is 260 Å². The molecule has 6 aromatic carbocycles. The molecule has 0 amide bonds. The van der Waals surface area contributed by atoms with Gasteiger partial charge in [0.2, 0.25) is 5.28 Å². The third kappa shape index (κ3) is 5.89. The van der Waals surface area contributed by atoms with Crippen molar-refractivity contribution in [3.63, 3.8) is 0 Å². The fourth-order valence-corrected chi connectivity index (χ4v) is 5.48. The highest BCUT2D eigenvalue weighted by atomic mass is 35.5. The van der Waals surface area contributed by atoms with Crippen LogP contribution >= 0.6 is 11.6 Å². The molecular weight excluding hydrogens is 565 g/mol. The molecule has 0 spiro atoms. The van der Waals surface area contributed by atoms with Gasteiger partial charge in [-0.2, -0.15) is 9.97 Å². The molecule has 0 aliphatic heterocycles. The van der Waals surface area contributed by atoms with Crippen molar-refractivity contribution in [2.75, 3.05) is 0 Å². The standard InChI is InChI=1S/C39H25ClFN3/c40-39-43-37(34-22-30(26-10-4-1-5-11-26)20-31(23-34)27-12-6-2-7-13-27)42-38(44-39)35-24-32(28-14-8-3-9-15-28)21-33(25-35)29-16-18-36(41)19-17-29/h1-25H. The number of halogens is 2. The minimum atomic E-state index is -0.283. The topological polar surface area (TPSA) is 38.7 Å². The van der Waals surface area contributed by atoms with E-state index in [1.165, 1.54) is 12.1 Å². The van der Waals surface area contributed by atoms with Crippen LogP contribution < -0.4 is 0 Å². The molecule has 0 saturated heterocycles. The molecule has 3 nitrogen and oxygen atoms in total. The van der Waals surface area contributed by atoms with Crippen molar-refractivity contribution in [3.05, 3.63) is 163 Å². The molecule has 0 atom stereocenters. The van der Waals surface area contributed by atoms with Crippen LogP contribution in [0.3, 0.4) is 0 Å². The van der Waals surface area contributed by atoms with E-state index in [4.69, 9.17) is 16.6 Å². The lowest BCUT2D eigenvalue weighted by Gasteiger charge is -2.13. The summed E-state index contributed by atoms with van der Waals surface area (Å²) in [6.45, 7) is 0. The average molecular weight is 590 g/mol. The molecule has 0 saturated carbocycles. The summed E-state index contributed by atoms with van der Waals surface area (Å²) in [5.74, 6) is 0.644. The molecule has 0 unspecified atom stereocenters. The lowest BCUT2D eigenvalue weighted by molar-refractivity contribution is 0.628. The first-order chi connectivity index (χ1) is 21.6. The minimum Gasteiger partial charge on any atom is -0.208 e. The Bertz CT molecular complexity index is 2010. The van der Waals surface area contributed by atoms with E-state index in [9.17, 15) is 4.39 Å². The Morgan fingerprint density at radius 2 is 0.659 bits per heavy atom.